The van der Waals surface area contributed by atoms with Crippen LogP contribution in [0.4, 0.5) is 0 Å². The first-order chi connectivity index (χ1) is 11.8. The summed E-state index contributed by atoms with van der Waals surface area (Å²) < 4.78 is 0. The molecule has 3 amide bonds. The van der Waals surface area contributed by atoms with E-state index in [4.69, 9.17) is 11.5 Å². The molecule has 0 saturated heterocycles. The van der Waals surface area contributed by atoms with E-state index in [1.54, 1.807) is 0 Å². The summed E-state index contributed by atoms with van der Waals surface area (Å²) in [7, 11) is 0. The van der Waals surface area contributed by atoms with Gasteiger partial charge in [0.15, 0.2) is 0 Å². The highest BCUT2D eigenvalue weighted by atomic mass is 16.2. The summed E-state index contributed by atoms with van der Waals surface area (Å²) >= 11 is 0. The minimum Gasteiger partial charge on any atom is -0.368 e. The molecule has 0 spiro atoms. The van der Waals surface area contributed by atoms with E-state index in [1.807, 2.05) is 0 Å². The Labute approximate surface area is 148 Å². The second kappa shape index (κ2) is 6.94. The van der Waals surface area contributed by atoms with Gasteiger partial charge in [-0.05, 0) is 69.6 Å². The molecular formula is C18H30N4O3. The zero-order valence-corrected chi connectivity index (χ0v) is 14.9. The molecule has 6 N–H and O–H groups in total. The van der Waals surface area contributed by atoms with Crippen molar-refractivity contribution < 1.29 is 14.4 Å². The normalized spacial score (nSPS) is 35.0. The lowest BCUT2D eigenvalue weighted by Gasteiger charge is -2.57. The monoisotopic (exact) mass is 350 g/mol. The molecule has 0 heterocycles. The fraction of sp³-hybridized carbons (Fsp3) is 0.833. The Balaban J connectivity index is 1.52. The van der Waals surface area contributed by atoms with Crippen LogP contribution in [-0.2, 0) is 14.4 Å². The first-order valence-electron chi connectivity index (χ1n) is 9.42. The number of hydrogen-bond acceptors (Lipinski definition) is 4. The van der Waals surface area contributed by atoms with Gasteiger partial charge >= 0.3 is 0 Å². The topological polar surface area (TPSA) is 127 Å². The number of carbonyl (C=O) groups excluding carboxylic acids is 3. The molecule has 4 aliphatic rings. The van der Waals surface area contributed by atoms with Gasteiger partial charge in [0.1, 0.15) is 6.04 Å². The van der Waals surface area contributed by atoms with Crippen LogP contribution in [0.15, 0.2) is 0 Å². The molecule has 7 heteroatoms. The Morgan fingerprint density at radius 3 is 2.04 bits per heavy atom. The zero-order chi connectivity index (χ0) is 18.2. The molecule has 2 atom stereocenters. The lowest BCUT2D eigenvalue weighted by Crippen LogP contribution is -2.60. The lowest BCUT2D eigenvalue weighted by molar-refractivity contribution is -0.130. The van der Waals surface area contributed by atoms with Crippen LogP contribution in [0.25, 0.3) is 0 Å². The molecule has 4 rings (SSSR count). The third-order valence-corrected chi connectivity index (χ3v) is 6.18. The first kappa shape index (κ1) is 18.2. The first-order valence-corrected chi connectivity index (χ1v) is 9.42. The van der Waals surface area contributed by atoms with Crippen LogP contribution in [0.2, 0.25) is 0 Å². The molecule has 0 aromatic heterocycles. The summed E-state index contributed by atoms with van der Waals surface area (Å²) in [5.41, 5.74) is 10.8. The van der Waals surface area contributed by atoms with Gasteiger partial charge in [-0.15, -0.1) is 0 Å². The molecule has 0 aromatic carbocycles. The molecule has 4 aliphatic carbocycles. The maximum atomic E-state index is 12.5. The number of hydrogen-bond donors (Lipinski definition) is 4. The molecule has 4 fully saturated rings. The van der Waals surface area contributed by atoms with Crippen LogP contribution in [-0.4, -0.2) is 35.3 Å². The summed E-state index contributed by atoms with van der Waals surface area (Å²) in [6.45, 7) is 1.53. The molecule has 0 radical (unpaired) electrons. The molecule has 0 aromatic rings. The molecule has 25 heavy (non-hydrogen) atoms. The Morgan fingerprint density at radius 2 is 1.60 bits per heavy atom. The average molecular weight is 350 g/mol. The summed E-state index contributed by atoms with van der Waals surface area (Å²) in [4.78, 5) is 35.6. The SMILES string of the molecule is CC(N)C(=O)N[C@H](CCC(=O)NC12CC3CC(CC(C3)C1)C2)C(N)=O. The van der Waals surface area contributed by atoms with Crippen LogP contribution in [0.5, 0.6) is 0 Å². The van der Waals surface area contributed by atoms with E-state index in [1.165, 1.54) is 26.2 Å². The molecule has 4 saturated carbocycles. The van der Waals surface area contributed by atoms with Crippen molar-refractivity contribution in [1.29, 1.82) is 0 Å². The van der Waals surface area contributed by atoms with Crippen molar-refractivity contribution in [2.75, 3.05) is 0 Å². The number of amides is 3. The third-order valence-electron chi connectivity index (χ3n) is 6.18. The number of rotatable bonds is 7. The van der Waals surface area contributed by atoms with Crippen molar-refractivity contribution in [2.24, 2.45) is 29.2 Å². The highest BCUT2D eigenvalue weighted by Crippen LogP contribution is 2.55. The quantitative estimate of drug-likeness (QED) is 0.522. The zero-order valence-electron chi connectivity index (χ0n) is 14.9. The maximum absolute atomic E-state index is 12.5. The van der Waals surface area contributed by atoms with Gasteiger partial charge in [0.05, 0.1) is 6.04 Å². The Kier molecular flexibility index (Phi) is 5.04. The average Bonchev–Trinajstić information content (AvgIpc) is 2.48. The summed E-state index contributed by atoms with van der Waals surface area (Å²) in [6, 6.07) is -1.58. The van der Waals surface area contributed by atoms with E-state index in [9.17, 15) is 14.4 Å². The van der Waals surface area contributed by atoms with E-state index in [2.05, 4.69) is 10.6 Å². The minimum atomic E-state index is -0.861. The number of nitrogens with one attached hydrogen (secondary N) is 2. The smallest absolute Gasteiger partial charge is 0.240 e. The van der Waals surface area contributed by atoms with Gasteiger partial charge in [0.2, 0.25) is 17.7 Å². The molecular weight excluding hydrogens is 320 g/mol. The second-order valence-electron chi connectivity index (χ2n) is 8.54. The van der Waals surface area contributed by atoms with Gasteiger partial charge in [0.25, 0.3) is 0 Å². The molecule has 1 unspecified atom stereocenters. The van der Waals surface area contributed by atoms with Crippen molar-refractivity contribution in [1.82, 2.24) is 10.6 Å². The van der Waals surface area contributed by atoms with Crippen molar-refractivity contribution >= 4 is 17.7 Å². The predicted molar refractivity (Wildman–Crippen MR) is 93.1 cm³/mol. The standard InChI is InChI=1S/C18H30N4O3/c1-10(19)17(25)21-14(16(20)24)2-3-15(23)22-18-7-11-4-12(8-18)6-13(5-11)9-18/h10-14H,2-9,19H2,1H3,(H2,20,24)(H,21,25)(H,22,23)/t10?,11?,12?,13?,14-,18?/m1/s1. The Bertz CT molecular complexity index is 525. The van der Waals surface area contributed by atoms with E-state index in [0.717, 1.165) is 37.0 Å². The van der Waals surface area contributed by atoms with Crippen LogP contribution in [0.1, 0.15) is 58.3 Å². The molecule has 4 bridgehead atoms. The fourth-order valence-corrected chi connectivity index (χ4v) is 5.49. The van der Waals surface area contributed by atoms with Crippen LogP contribution < -0.4 is 22.1 Å². The van der Waals surface area contributed by atoms with Gasteiger partial charge in [-0.2, -0.15) is 0 Å². The predicted octanol–water partition coefficient (Wildman–Crippen LogP) is 0.169. The lowest BCUT2D eigenvalue weighted by atomic mass is 9.53. The third kappa shape index (κ3) is 4.14. The number of carbonyl (C=O) groups is 3. The molecule has 0 aliphatic heterocycles. The van der Waals surface area contributed by atoms with Gasteiger partial charge in [-0.3, -0.25) is 14.4 Å². The van der Waals surface area contributed by atoms with E-state index >= 15 is 0 Å². The Morgan fingerprint density at radius 1 is 1.08 bits per heavy atom. The largest absolute Gasteiger partial charge is 0.368 e. The summed E-state index contributed by atoms with van der Waals surface area (Å²) in [6.07, 6.45) is 7.61. The van der Waals surface area contributed by atoms with Gasteiger partial charge in [0, 0.05) is 12.0 Å². The highest BCUT2D eigenvalue weighted by molar-refractivity contribution is 5.89. The molecule has 7 nitrogen and oxygen atoms in total. The van der Waals surface area contributed by atoms with Crippen LogP contribution in [0, 0.1) is 17.8 Å². The van der Waals surface area contributed by atoms with Crippen molar-refractivity contribution in [3.8, 4) is 0 Å². The van der Waals surface area contributed by atoms with Crippen molar-refractivity contribution in [3.63, 3.8) is 0 Å². The summed E-state index contributed by atoms with van der Waals surface area (Å²) in [5, 5.41) is 5.78. The molecule has 140 valence electrons. The van der Waals surface area contributed by atoms with E-state index in [0.29, 0.717) is 0 Å². The van der Waals surface area contributed by atoms with E-state index < -0.39 is 23.9 Å². The maximum Gasteiger partial charge on any atom is 0.240 e. The van der Waals surface area contributed by atoms with Gasteiger partial charge < -0.3 is 22.1 Å². The van der Waals surface area contributed by atoms with E-state index in [-0.39, 0.29) is 24.3 Å². The highest BCUT2D eigenvalue weighted by Gasteiger charge is 2.51. The fourth-order valence-electron chi connectivity index (χ4n) is 5.49. The van der Waals surface area contributed by atoms with Gasteiger partial charge in [-0.1, -0.05) is 0 Å². The number of primary amides is 1. The van der Waals surface area contributed by atoms with Crippen molar-refractivity contribution in [2.45, 2.75) is 75.9 Å². The second-order valence-corrected chi connectivity index (χ2v) is 8.54. The van der Waals surface area contributed by atoms with Crippen LogP contribution >= 0.6 is 0 Å². The summed E-state index contributed by atoms with van der Waals surface area (Å²) in [5.74, 6) is 1.14. The number of nitrogens with two attached hydrogens (primary N) is 2. The minimum absolute atomic E-state index is 0.0386. The van der Waals surface area contributed by atoms with Crippen molar-refractivity contribution in [3.05, 3.63) is 0 Å². The van der Waals surface area contributed by atoms with Crippen LogP contribution in [0.3, 0.4) is 0 Å². The Hall–Kier alpha value is -1.63. The van der Waals surface area contributed by atoms with Gasteiger partial charge in [-0.25, -0.2) is 0 Å².